The molecule has 2 saturated heterocycles. The summed E-state index contributed by atoms with van der Waals surface area (Å²) in [6, 6.07) is 0.558. The fourth-order valence-corrected chi connectivity index (χ4v) is 3.44. The van der Waals surface area contributed by atoms with Crippen molar-refractivity contribution in [3.63, 3.8) is 0 Å². The molecule has 3 nitrogen and oxygen atoms in total. The minimum Gasteiger partial charge on any atom is -0.376 e. The first-order valence-corrected chi connectivity index (χ1v) is 7.21. The number of nitrogens with zero attached hydrogens (tertiary/aromatic N) is 1. The smallest absolute Gasteiger partial charge is 0.157 e. The van der Waals surface area contributed by atoms with Crippen LogP contribution in [0.2, 0.25) is 0 Å². The topological polar surface area (TPSA) is 33.6 Å². The van der Waals surface area contributed by atoms with E-state index in [1.807, 2.05) is 11.8 Å². The minimum atomic E-state index is 0.358. The molecule has 0 amide bonds. The van der Waals surface area contributed by atoms with E-state index in [4.69, 9.17) is 4.74 Å². The molecule has 4 heteroatoms. The lowest BCUT2D eigenvalue weighted by atomic mass is 10.1. The van der Waals surface area contributed by atoms with Gasteiger partial charge < -0.3 is 10.1 Å². The van der Waals surface area contributed by atoms with E-state index in [1.54, 1.807) is 0 Å². The fourth-order valence-electron chi connectivity index (χ4n) is 2.26. The van der Waals surface area contributed by atoms with Crippen molar-refractivity contribution < 1.29 is 4.74 Å². The Bertz CT molecular complexity index is 239. The monoisotopic (exact) mass is 242 g/mol. The van der Waals surface area contributed by atoms with Gasteiger partial charge in [-0.2, -0.15) is 0 Å². The average Bonchev–Trinajstić information content (AvgIpc) is 2.27. The highest BCUT2D eigenvalue weighted by Gasteiger charge is 2.20. The number of thioether (sulfide) groups is 1. The first-order valence-electron chi connectivity index (χ1n) is 6.33. The molecule has 2 rings (SSSR count). The molecule has 0 radical (unpaired) electrons. The molecule has 3 atom stereocenters. The van der Waals surface area contributed by atoms with Crippen LogP contribution in [0, 0.1) is 0 Å². The zero-order valence-electron chi connectivity index (χ0n) is 10.2. The summed E-state index contributed by atoms with van der Waals surface area (Å²) in [5.41, 5.74) is 0. The predicted octanol–water partition coefficient (Wildman–Crippen LogP) is 2.42. The Balaban J connectivity index is 1.81. The van der Waals surface area contributed by atoms with Gasteiger partial charge in [0.2, 0.25) is 0 Å². The van der Waals surface area contributed by atoms with Crippen LogP contribution in [-0.2, 0) is 4.74 Å². The van der Waals surface area contributed by atoms with Crippen molar-refractivity contribution in [3.05, 3.63) is 0 Å². The highest BCUT2D eigenvalue weighted by molar-refractivity contribution is 8.14. The van der Waals surface area contributed by atoms with Gasteiger partial charge in [-0.1, -0.05) is 18.7 Å². The van der Waals surface area contributed by atoms with Crippen LogP contribution in [0.25, 0.3) is 0 Å². The molecule has 2 heterocycles. The fraction of sp³-hybridized carbons (Fsp3) is 0.917. The van der Waals surface area contributed by atoms with Crippen molar-refractivity contribution in [2.45, 2.75) is 56.9 Å². The first-order chi connectivity index (χ1) is 7.74. The van der Waals surface area contributed by atoms with Crippen molar-refractivity contribution in [2.75, 3.05) is 13.2 Å². The van der Waals surface area contributed by atoms with Crippen LogP contribution in [0.15, 0.2) is 4.99 Å². The summed E-state index contributed by atoms with van der Waals surface area (Å²) < 4.78 is 5.68. The molecular formula is C12H22N2OS. The lowest BCUT2D eigenvalue weighted by molar-refractivity contribution is 0.0225. The molecule has 0 aromatic carbocycles. The zero-order chi connectivity index (χ0) is 11.4. The average molecular weight is 242 g/mol. The second-order valence-electron chi connectivity index (χ2n) is 4.84. The molecular weight excluding hydrogens is 220 g/mol. The van der Waals surface area contributed by atoms with E-state index in [2.05, 4.69) is 24.2 Å². The summed E-state index contributed by atoms with van der Waals surface area (Å²) in [7, 11) is 0. The van der Waals surface area contributed by atoms with Crippen molar-refractivity contribution >= 4 is 16.9 Å². The zero-order valence-corrected chi connectivity index (χ0v) is 11.1. The molecule has 92 valence electrons. The normalized spacial score (nSPS) is 38.4. The highest BCUT2D eigenvalue weighted by atomic mass is 32.2. The molecule has 0 spiro atoms. The number of rotatable bonds is 2. The molecule has 0 bridgehead atoms. The van der Waals surface area contributed by atoms with Gasteiger partial charge in [0.1, 0.15) is 0 Å². The largest absolute Gasteiger partial charge is 0.376 e. The molecule has 16 heavy (non-hydrogen) atoms. The quantitative estimate of drug-likeness (QED) is 0.807. The summed E-state index contributed by atoms with van der Waals surface area (Å²) in [4.78, 5) is 4.65. The van der Waals surface area contributed by atoms with E-state index in [-0.39, 0.29) is 0 Å². The van der Waals surface area contributed by atoms with Crippen molar-refractivity contribution in [3.8, 4) is 0 Å². The van der Waals surface area contributed by atoms with E-state index in [9.17, 15) is 0 Å². The summed E-state index contributed by atoms with van der Waals surface area (Å²) in [6.45, 7) is 6.25. The van der Waals surface area contributed by atoms with Gasteiger partial charge >= 0.3 is 0 Å². The third-order valence-electron chi connectivity index (χ3n) is 3.08. The Hall–Kier alpha value is -0.220. The van der Waals surface area contributed by atoms with Crippen LogP contribution >= 0.6 is 11.8 Å². The highest BCUT2D eigenvalue weighted by Crippen LogP contribution is 2.22. The Labute approximate surface area is 102 Å². The second-order valence-corrected chi connectivity index (χ2v) is 6.27. The number of aliphatic imine (C=N–C) groups is 1. The summed E-state index contributed by atoms with van der Waals surface area (Å²) in [5, 5.41) is 5.24. The number of amidine groups is 1. The molecule has 0 aliphatic carbocycles. The molecule has 2 aliphatic heterocycles. The van der Waals surface area contributed by atoms with Crippen LogP contribution < -0.4 is 5.32 Å². The molecule has 1 N–H and O–H groups in total. The Morgan fingerprint density at radius 2 is 2.31 bits per heavy atom. The van der Waals surface area contributed by atoms with E-state index in [1.165, 1.54) is 25.7 Å². The van der Waals surface area contributed by atoms with Crippen molar-refractivity contribution in [1.29, 1.82) is 0 Å². The third-order valence-corrected chi connectivity index (χ3v) is 4.15. The van der Waals surface area contributed by atoms with Gasteiger partial charge in [0.25, 0.3) is 0 Å². The summed E-state index contributed by atoms with van der Waals surface area (Å²) >= 11 is 1.86. The van der Waals surface area contributed by atoms with Gasteiger partial charge in [-0.25, -0.2) is 0 Å². The lowest BCUT2D eigenvalue weighted by Gasteiger charge is -2.27. The summed E-state index contributed by atoms with van der Waals surface area (Å²) in [5.74, 6) is 0. The second kappa shape index (κ2) is 5.92. The molecule has 2 fully saturated rings. The Morgan fingerprint density at radius 1 is 1.44 bits per heavy atom. The van der Waals surface area contributed by atoms with Crippen LogP contribution in [0.5, 0.6) is 0 Å². The number of hydrogen-bond donors (Lipinski definition) is 1. The van der Waals surface area contributed by atoms with Gasteiger partial charge in [0, 0.05) is 17.9 Å². The predicted molar refractivity (Wildman–Crippen MR) is 70.2 cm³/mol. The molecule has 0 aromatic rings. The first kappa shape index (κ1) is 12.2. The maximum atomic E-state index is 5.68. The number of ether oxygens (including phenoxy) is 1. The maximum absolute atomic E-state index is 5.68. The van der Waals surface area contributed by atoms with Crippen LogP contribution in [0.1, 0.15) is 39.5 Å². The van der Waals surface area contributed by atoms with E-state index in [0.29, 0.717) is 17.4 Å². The van der Waals surface area contributed by atoms with Gasteiger partial charge in [-0.3, -0.25) is 4.99 Å². The van der Waals surface area contributed by atoms with Gasteiger partial charge in [-0.15, -0.1) is 0 Å². The molecule has 0 aromatic heterocycles. The van der Waals surface area contributed by atoms with Crippen LogP contribution in [0.4, 0.5) is 0 Å². The molecule has 0 saturated carbocycles. The maximum Gasteiger partial charge on any atom is 0.157 e. The van der Waals surface area contributed by atoms with E-state index in [0.717, 1.165) is 18.3 Å². The van der Waals surface area contributed by atoms with Crippen LogP contribution in [-0.4, -0.2) is 35.7 Å². The van der Waals surface area contributed by atoms with Crippen molar-refractivity contribution in [2.24, 2.45) is 4.99 Å². The number of hydrogen-bond acceptors (Lipinski definition) is 3. The van der Waals surface area contributed by atoms with E-state index >= 15 is 0 Å². The van der Waals surface area contributed by atoms with E-state index < -0.39 is 0 Å². The standard InChI is InChI=1S/C12H22N2OS/c1-9-7-10(2)16-12(14-9)13-8-11-5-3-4-6-15-11/h9-11H,3-8H2,1-2H3,(H,13,14). The Kier molecular flexibility index (Phi) is 4.53. The lowest BCUT2D eigenvalue weighted by Crippen LogP contribution is -2.39. The SMILES string of the molecule is CC1CC(C)SC(=NCC2CCCCO2)N1. The molecule has 2 aliphatic rings. The number of nitrogens with one attached hydrogen (secondary N) is 1. The minimum absolute atomic E-state index is 0.358. The Morgan fingerprint density at radius 3 is 3.00 bits per heavy atom. The van der Waals surface area contributed by atoms with Gasteiger partial charge in [0.05, 0.1) is 12.6 Å². The van der Waals surface area contributed by atoms with Gasteiger partial charge in [0.15, 0.2) is 5.17 Å². The summed E-state index contributed by atoms with van der Waals surface area (Å²) in [6.07, 6.45) is 5.27. The van der Waals surface area contributed by atoms with Crippen molar-refractivity contribution in [1.82, 2.24) is 5.32 Å². The molecule has 3 unspecified atom stereocenters. The van der Waals surface area contributed by atoms with Crippen LogP contribution in [0.3, 0.4) is 0 Å². The third kappa shape index (κ3) is 3.67. The van der Waals surface area contributed by atoms with Gasteiger partial charge in [-0.05, 0) is 32.6 Å².